The Morgan fingerprint density at radius 3 is 2.38 bits per heavy atom. The third-order valence-electron chi connectivity index (χ3n) is 4.59. The fraction of sp³-hybridized carbons (Fsp3) is 0.150. The monoisotopic (exact) mass is 366 g/mol. The summed E-state index contributed by atoms with van der Waals surface area (Å²) >= 11 is 0. The number of nitrogens with one attached hydrogen (secondary N) is 1. The van der Waals surface area contributed by atoms with Gasteiger partial charge in [0.1, 0.15) is 10.7 Å². The molecule has 5 nitrogen and oxygen atoms in total. The van der Waals surface area contributed by atoms with Crippen molar-refractivity contribution < 1.29 is 13.0 Å². The van der Waals surface area contributed by atoms with Crippen molar-refractivity contribution >= 4 is 38.1 Å². The Morgan fingerprint density at radius 2 is 1.73 bits per heavy atom. The topological polar surface area (TPSA) is 78.8 Å². The molecular weight excluding hydrogens is 348 g/mol. The second-order valence-corrected chi connectivity index (χ2v) is 8.04. The van der Waals surface area contributed by atoms with E-state index in [0.717, 1.165) is 11.3 Å². The van der Waals surface area contributed by atoms with Gasteiger partial charge < -0.3 is 5.32 Å². The van der Waals surface area contributed by atoms with Gasteiger partial charge in [-0.3, -0.25) is 4.55 Å². The minimum atomic E-state index is -4.30. The molecule has 0 amide bonds. The predicted molar refractivity (Wildman–Crippen MR) is 104 cm³/mol. The highest BCUT2D eigenvalue weighted by Crippen LogP contribution is 2.39. The first-order chi connectivity index (χ1) is 12.3. The zero-order valence-corrected chi connectivity index (χ0v) is 15.2. The first-order valence-electron chi connectivity index (χ1n) is 8.34. The van der Waals surface area contributed by atoms with Crippen molar-refractivity contribution in [3.8, 4) is 0 Å². The number of nitrogens with zero attached hydrogens (tertiary/aromatic N) is 1. The number of aliphatic imine (C=N–C) groups is 1. The number of anilines is 1. The fourth-order valence-electron chi connectivity index (χ4n) is 3.22. The summed E-state index contributed by atoms with van der Waals surface area (Å²) < 4.78 is 32.8. The Hall–Kier alpha value is -2.70. The van der Waals surface area contributed by atoms with Gasteiger partial charge in [0.15, 0.2) is 0 Å². The van der Waals surface area contributed by atoms with E-state index in [1.807, 2.05) is 18.2 Å². The second kappa shape index (κ2) is 5.93. The maximum Gasteiger partial charge on any atom is 0.295 e. The molecule has 0 bridgehead atoms. The lowest BCUT2D eigenvalue weighted by Crippen LogP contribution is -2.16. The predicted octanol–water partition coefficient (Wildman–Crippen LogP) is 4.71. The van der Waals surface area contributed by atoms with Crippen LogP contribution in [0.1, 0.15) is 30.9 Å². The van der Waals surface area contributed by atoms with Crippen LogP contribution in [0.15, 0.2) is 64.5 Å². The molecule has 0 aromatic heterocycles. The molecule has 1 aliphatic rings. The van der Waals surface area contributed by atoms with Gasteiger partial charge in [-0.25, -0.2) is 4.99 Å². The van der Waals surface area contributed by atoms with Crippen LogP contribution in [0.5, 0.6) is 0 Å². The van der Waals surface area contributed by atoms with Gasteiger partial charge in [0.05, 0.1) is 5.69 Å². The van der Waals surface area contributed by atoms with E-state index in [1.54, 1.807) is 18.2 Å². The van der Waals surface area contributed by atoms with Crippen LogP contribution in [-0.4, -0.2) is 18.8 Å². The zero-order chi connectivity index (χ0) is 18.5. The molecule has 0 aliphatic carbocycles. The molecule has 0 radical (unpaired) electrons. The molecule has 132 valence electrons. The summed E-state index contributed by atoms with van der Waals surface area (Å²) in [7, 11) is -4.30. The Labute approximate surface area is 152 Å². The first-order valence-corrected chi connectivity index (χ1v) is 9.78. The molecule has 3 aromatic carbocycles. The number of hydrogen-bond acceptors (Lipinski definition) is 4. The molecule has 0 saturated heterocycles. The lowest BCUT2D eigenvalue weighted by atomic mass is 10.0. The highest BCUT2D eigenvalue weighted by molar-refractivity contribution is 7.86. The van der Waals surface area contributed by atoms with E-state index in [0.29, 0.717) is 28.2 Å². The number of benzene rings is 3. The summed E-state index contributed by atoms with van der Waals surface area (Å²) in [6.07, 6.45) is 0. The average molecular weight is 366 g/mol. The Bertz CT molecular complexity index is 1150. The van der Waals surface area contributed by atoms with Crippen LogP contribution in [0.2, 0.25) is 0 Å². The third-order valence-corrected chi connectivity index (χ3v) is 5.50. The zero-order valence-electron chi connectivity index (χ0n) is 14.4. The van der Waals surface area contributed by atoms with Crippen LogP contribution in [0.3, 0.4) is 0 Å². The average Bonchev–Trinajstić information content (AvgIpc) is 2.61. The van der Waals surface area contributed by atoms with Crippen molar-refractivity contribution in [3.63, 3.8) is 0 Å². The molecule has 0 fully saturated rings. The summed E-state index contributed by atoms with van der Waals surface area (Å²) in [5.41, 5.74) is 3.65. The summed E-state index contributed by atoms with van der Waals surface area (Å²) in [6.45, 7) is 4.30. The lowest BCUT2D eigenvalue weighted by molar-refractivity contribution is 0.484. The number of amidine groups is 1. The van der Waals surface area contributed by atoms with E-state index in [-0.39, 0.29) is 4.90 Å². The Balaban J connectivity index is 1.87. The molecule has 1 aliphatic heterocycles. The van der Waals surface area contributed by atoms with Crippen LogP contribution in [-0.2, 0) is 10.1 Å². The van der Waals surface area contributed by atoms with Crippen molar-refractivity contribution in [1.82, 2.24) is 0 Å². The molecule has 4 rings (SSSR count). The molecule has 26 heavy (non-hydrogen) atoms. The van der Waals surface area contributed by atoms with Crippen LogP contribution in [0, 0.1) is 0 Å². The van der Waals surface area contributed by atoms with Gasteiger partial charge in [-0.2, -0.15) is 8.42 Å². The smallest absolute Gasteiger partial charge is 0.295 e. The number of hydrogen-bond donors (Lipinski definition) is 2. The van der Waals surface area contributed by atoms with Crippen molar-refractivity contribution in [3.05, 3.63) is 65.7 Å². The van der Waals surface area contributed by atoms with Gasteiger partial charge in [-0.15, -0.1) is 0 Å². The van der Waals surface area contributed by atoms with Gasteiger partial charge in [0, 0.05) is 22.0 Å². The molecule has 0 saturated carbocycles. The van der Waals surface area contributed by atoms with E-state index in [9.17, 15) is 13.0 Å². The minimum Gasteiger partial charge on any atom is -0.339 e. The van der Waals surface area contributed by atoms with Crippen molar-refractivity contribution in [1.29, 1.82) is 0 Å². The van der Waals surface area contributed by atoms with Gasteiger partial charge in [0.2, 0.25) is 0 Å². The summed E-state index contributed by atoms with van der Waals surface area (Å²) in [5.74, 6) is 1.17. The first kappa shape index (κ1) is 16.8. The Morgan fingerprint density at radius 1 is 1.00 bits per heavy atom. The quantitative estimate of drug-likeness (QED) is 0.658. The molecule has 6 heteroatoms. The van der Waals surface area contributed by atoms with E-state index in [4.69, 9.17) is 0 Å². The molecule has 0 unspecified atom stereocenters. The van der Waals surface area contributed by atoms with Crippen molar-refractivity contribution in [2.24, 2.45) is 4.99 Å². The van der Waals surface area contributed by atoms with E-state index >= 15 is 0 Å². The molecule has 0 spiro atoms. The largest absolute Gasteiger partial charge is 0.339 e. The second-order valence-electron chi connectivity index (χ2n) is 6.65. The summed E-state index contributed by atoms with van der Waals surface area (Å²) in [6, 6.07) is 16.5. The van der Waals surface area contributed by atoms with Crippen LogP contribution >= 0.6 is 0 Å². The normalized spacial score (nSPS) is 13.6. The van der Waals surface area contributed by atoms with E-state index in [2.05, 4.69) is 36.3 Å². The summed E-state index contributed by atoms with van der Waals surface area (Å²) in [4.78, 5) is 4.55. The van der Waals surface area contributed by atoms with Crippen molar-refractivity contribution in [2.45, 2.75) is 24.7 Å². The molecule has 2 N–H and O–H groups in total. The number of rotatable bonds is 3. The van der Waals surface area contributed by atoms with Crippen molar-refractivity contribution in [2.75, 3.05) is 5.32 Å². The maximum atomic E-state index is 11.6. The van der Waals surface area contributed by atoms with Crippen LogP contribution in [0.25, 0.3) is 10.8 Å². The summed E-state index contributed by atoms with van der Waals surface area (Å²) in [5, 5.41) is 4.42. The van der Waals surface area contributed by atoms with Gasteiger partial charge in [0.25, 0.3) is 10.1 Å². The Kier molecular flexibility index (Phi) is 3.82. The third kappa shape index (κ3) is 2.77. The molecular formula is C20H18N2O3S. The maximum absolute atomic E-state index is 11.6. The highest BCUT2D eigenvalue weighted by Gasteiger charge is 2.21. The van der Waals surface area contributed by atoms with E-state index in [1.165, 1.54) is 11.6 Å². The van der Waals surface area contributed by atoms with Crippen LogP contribution < -0.4 is 5.32 Å². The molecule has 1 heterocycles. The minimum absolute atomic E-state index is 0.111. The van der Waals surface area contributed by atoms with Gasteiger partial charge in [-0.05, 0) is 29.7 Å². The SMILES string of the molecule is CC(C)c1ccc(C2=Nc3ccc(S(=O)(=O)O)c4cccc(c34)N2)cc1. The van der Waals surface area contributed by atoms with E-state index < -0.39 is 10.1 Å². The van der Waals surface area contributed by atoms with Gasteiger partial charge >= 0.3 is 0 Å². The molecule has 0 atom stereocenters. The standard InChI is InChI=1S/C20H18N2O3S/c1-12(2)13-6-8-14(9-7-13)20-21-16-5-3-4-15-18(26(23,24)25)11-10-17(22-20)19(15)16/h3-12H,1-2H3,(H,21,22)(H,23,24,25). The van der Waals surface area contributed by atoms with Crippen LogP contribution in [0.4, 0.5) is 11.4 Å². The fourth-order valence-corrected chi connectivity index (χ4v) is 3.91. The highest BCUT2D eigenvalue weighted by atomic mass is 32.2. The van der Waals surface area contributed by atoms with Gasteiger partial charge in [-0.1, -0.05) is 50.2 Å². The lowest BCUT2D eigenvalue weighted by Gasteiger charge is -2.20. The molecule has 3 aromatic rings.